The number of carbonyl (C=O) groups is 1. The van der Waals surface area contributed by atoms with Crippen LogP contribution in [0.25, 0.3) is 0 Å². The van der Waals surface area contributed by atoms with E-state index in [0.717, 1.165) is 57.5 Å². The summed E-state index contributed by atoms with van der Waals surface area (Å²) >= 11 is 0. The van der Waals surface area contributed by atoms with E-state index < -0.39 is 0 Å². The molecule has 0 unspecified atom stereocenters. The highest BCUT2D eigenvalue weighted by atomic mass is 16.5. The predicted molar refractivity (Wildman–Crippen MR) is 100 cm³/mol. The molecule has 1 aliphatic carbocycles. The van der Waals surface area contributed by atoms with Gasteiger partial charge in [-0.05, 0) is 49.9 Å². The summed E-state index contributed by atoms with van der Waals surface area (Å²) in [6.45, 7) is 4.48. The molecule has 1 aliphatic heterocycles. The SMILES string of the molecule is COCCOC1CCC(C(=O)N2CCN(c3ccc(O)cc3)CC2)CC1. The minimum absolute atomic E-state index is 0.150. The topological polar surface area (TPSA) is 62.2 Å². The minimum atomic E-state index is 0.150. The van der Waals surface area contributed by atoms with Crippen molar-refractivity contribution < 1.29 is 19.4 Å². The second kappa shape index (κ2) is 9.24. The molecule has 6 nitrogen and oxygen atoms in total. The number of hydrogen-bond donors (Lipinski definition) is 1. The Hall–Kier alpha value is -1.79. The van der Waals surface area contributed by atoms with Gasteiger partial charge in [0.2, 0.25) is 5.91 Å². The zero-order valence-electron chi connectivity index (χ0n) is 15.6. The lowest BCUT2D eigenvalue weighted by atomic mass is 9.86. The molecule has 2 fully saturated rings. The molecule has 1 N–H and O–H groups in total. The number of methoxy groups -OCH3 is 1. The van der Waals surface area contributed by atoms with E-state index in [0.29, 0.717) is 19.1 Å². The highest BCUT2D eigenvalue weighted by molar-refractivity contribution is 5.79. The first-order valence-corrected chi connectivity index (χ1v) is 9.60. The van der Waals surface area contributed by atoms with Crippen LogP contribution in [0.5, 0.6) is 5.75 Å². The van der Waals surface area contributed by atoms with Crippen LogP contribution < -0.4 is 4.90 Å². The van der Waals surface area contributed by atoms with Gasteiger partial charge in [0.25, 0.3) is 0 Å². The van der Waals surface area contributed by atoms with E-state index in [1.54, 1.807) is 19.2 Å². The van der Waals surface area contributed by atoms with Crippen molar-refractivity contribution in [1.29, 1.82) is 0 Å². The van der Waals surface area contributed by atoms with Crippen LogP contribution in [0.1, 0.15) is 25.7 Å². The normalized spacial score (nSPS) is 23.9. The molecule has 1 aromatic rings. The van der Waals surface area contributed by atoms with Crippen LogP contribution in [0.3, 0.4) is 0 Å². The monoisotopic (exact) mass is 362 g/mol. The molecular formula is C20H30N2O4. The number of hydrogen-bond acceptors (Lipinski definition) is 5. The summed E-state index contributed by atoms with van der Waals surface area (Å²) in [5.41, 5.74) is 1.10. The van der Waals surface area contributed by atoms with E-state index in [1.165, 1.54) is 0 Å². The molecule has 1 aromatic carbocycles. The largest absolute Gasteiger partial charge is 0.508 e. The van der Waals surface area contributed by atoms with E-state index in [1.807, 2.05) is 17.0 Å². The number of rotatable bonds is 6. The Morgan fingerprint density at radius 3 is 2.31 bits per heavy atom. The van der Waals surface area contributed by atoms with Crippen LogP contribution in [0.4, 0.5) is 5.69 Å². The number of piperazine rings is 1. The molecule has 26 heavy (non-hydrogen) atoms. The Morgan fingerprint density at radius 1 is 1.04 bits per heavy atom. The van der Waals surface area contributed by atoms with Gasteiger partial charge in [-0.3, -0.25) is 4.79 Å². The number of phenolic OH excluding ortho intramolecular Hbond substituents is 1. The van der Waals surface area contributed by atoms with Gasteiger partial charge < -0.3 is 24.4 Å². The van der Waals surface area contributed by atoms with Crippen LogP contribution >= 0.6 is 0 Å². The zero-order chi connectivity index (χ0) is 18.4. The third kappa shape index (κ3) is 4.89. The van der Waals surface area contributed by atoms with Crippen molar-refractivity contribution in [1.82, 2.24) is 4.90 Å². The second-order valence-corrected chi connectivity index (χ2v) is 7.17. The summed E-state index contributed by atoms with van der Waals surface area (Å²) < 4.78 is 10.8. The molecule has 2 aliphatic rings. The molecule has 0 aromatic heterocycles. The maximum Gasteiger partial charge on any atom is 0.225 e. The molecule has 1 amide bonds. The molecular weight excluding hydrogens is 332 g/mol. The summed E-state index contributed by atoms with van der Waals surface area (Å²) in [5.74, 6) is 0.743. The van der Waals surface area contributed by atoms with Gasteiger partial charge in [0.05, 0.1) is 19.3 Å². The number of aromatic hydroxyl groups is 1. The van der Waals surface area contributed by atoms with E-state index in [4.69, 9.17) is 9.47 Å². The van der Waals surface area contributed by atoms with E-state index in [9.17, 15) is 9.90 Å². The summed E-state index contributed by atoms with van der Waals surface area (Å²) in [6, 6.07) is 7.27. The van der Waals surface area contributed by atoms with Crippen LogP contribution in [-0.2, 0) is 14.3 Å². The molecule has 0 bridgehead atoms. The molecule has 1 saturated carbocycles. The summed E-state index contributed by atoms with van der Waals surface area (Å²) in [7, 11) is 1.68. The predicted octanol–water partition coefficient (Wildman–Crippen LogP) is 2.26. The first kappa shape index (κ1) is 19.0. The fraction of sp³-hybridized carbons (Fsp3) is 0.650. The Labute approximate surface area is 155 Å². The van der Waals surface area contributed by atoms with E-state index in [2.05, 4.69) is 4.90 Å². The van der Waals surface area contributed by atoms with Crippen LogP contribution in [0, 0.1) is 5.92 Å². The lowest BCUT2D eigenvalue weighted by Crippen LogP contribution is -2.51. The second-order valence-electron chi connectivity index (χ2n) is 7.17. The quantitative estimate of drug-likeness (QED) is 0.787. The Bertz CT molecular complexity index is 562. The maximum atomic E-state index is 12.8. The highest BCUT2D eigenvalue weighted by Crippen LogP contribution is 2.28. The van der Waals surface area contributed by atoms with Gasteiger partial charge in [-0.25, -0.2) is 0 Å². The van der Waals surface area contributed by atoms with E-state index in [-0.39, 0.29) is 17.8 Å². The van der Waals surface area contributed by atoms with Crippen molar-refractivity contribution >= 4 is 11.6 Å². The lowest BCUT2D eigenvalue weighted by molar-refractivity contribution is -0.138. The van der Waals surface area contributed by atoms with Gasteiger partial charge in [-0.2, -0.15) is 0 Å². The Morgan fingerprint density at radius 2 is 1.69 bits per heavy atom. The van der Waals surface area contributed by atoms with Crippen LogP contribution in [0.15, 0.2) is 24.3 Å². The van der Waals surface area contributed by atoms with E-state index >= 15 is 0 Å². The lowest BCUT2D eigenvalue weighted by Gasteiger charge is -2.38. The average molecular weight is 362 g/mol. The Balaban J connectivity index is 1.42. The number of amides is 1. The number of benzene rings is 1. The number of phenols is 1. The van der Waals surface area contributed by atoms with Gasteiger partial charge in [-0.15, -0.1) is 0 Å². The third-order valence-electron chi connectivity index (χ3n) is 5.47. The molecule has 0 atom stereocenters. The standard InChI is InChI=1S/C20H30N2O4/c1-25-14-15-26-19-8-2-16(3-9-19)20(24)22-12-10-21(11-13-22)17-4-6-18(23)7-5-17/h4-7,16,19,23H,2-3,8-15H2,1H3. The average Bonchev–Trinajstić information content (AvgIpc) is 2.69. The van der Waals surface area contributed by atoms with Crippen LogP contribution in [-0.4, -0.2) is 68.5 Å². The fourth-order valence-electron chi connectivity index (χ4n) is 3.88. The van der Waals surface area contributed by atoms with Crippen molar-refractivity contribution in [3.8, 4) is 5.75 Å². The fourth-order valence-corrected chi connectivity index (χ4v) is 3.88. The van der Waals surface area contributed by atoms with Gasteiger partial charge in [0.15, 0.2) is 0 Å². The highest BCUT2D eigenvalue weighted by Gasteiger charge is 2.31. The zero-order valence-corrected chi connectivity index (χ0v) is 15.6. The molecule has 3 rings (SSSR count). The van der Waals surface area contributed by atoms with Crippen LogP contribution in [0.2, 0.25) is 0 Å². The molecule has 144 valence electrons. The maximum absolute atomic E-state index is 12.8. The number of anilines is 1. The van der Waals surface area contributed by atoms with Crippen molar-refractivity contribution in [2.75, 3.05) is 51.4 Å². The van der Waals surface area contributed by atoms with Crippen molar-refractivity contribution in [2.45, 2.75) is 31.8 Å². The Kier molecular flexibility index (Phi) is 6.74. The molecule has 1 saturated heterocycles. The van der Waals surface area contributed by atoms with Gasteiger partial charge in [-0.1, -0.05) is 0 Å². The van der Waals surface area contributed by atoms with Crippen molar-refractivity contribution in [3.63, 3.8) is 0 Å². The summed E-state index contributed by atoms with van der Waals surface area (Å²) in [6.07, 6.45) is 4.06. The minimum Gasteiger partial charge on any atom is -0.508 e. The summed E-state index contributed by atoms with van der Waals surface area (Å²) in [5, 5.41) is 9.41. The van der Waals surface area contributed by atoms with Gasteiger partial charge in [0, 0.05) is 44.9 Å². The first-order chi connectivity index (χ1) is 12.7. The first-order valence-electron chi connectivity index (χ1n) is 9.60. The number of ether oxygens (including phenoxy) is 2. The summed E-state index contributed by atoms with van der Waals surface area (Å²) in [4.78, 5) is 17.1. The number of nitrogens with zero attached hydrogens (tertiary/aromatic N) is 2. The molecule has 6 heteroatoms. The molecule has 0 spiro atoms. The number of carbonyl (C=O) groups excluding carboxylic acids is 1. The molecule has 1 heterocycles. The van der Waals surface area contributed by atoms with Crippen molar-refractivity contribution in [3.05, 3.63) is 24.3 Å². The van der Waals surface area contributed by atoms with Gasteiger partial charge >= 0.3 is 0 Å². The van der Waals surface area contributed by atoms with Gasteiger partial charge in [0.1, 0.15) is 5.75 Å². The third-order valence-corrected chi connectivity index (χ3v) is 5.47. The van der Waals surface area contributed by atoms with Crippen molar-refractivity contribution in [2.24, 2.45) is 5.92 Å². The molecule has 0 radical (unpaired) electrons. The smallest absolute Gasteiger partial charge is 0.225 e.